The number of nitrogens with zero attached hydrogens (tertiary/aromatic N) is 1. The molecule has 0 radical (unpaired) electrons. The van der Waals surface area contributed by atoms with Gasteiger partial charge in [-0.15, -0.1) is 0 Å². The lowest BCUT2D eigenvalue weighted by Gasteiger charge is -2.25. The highest BCUT2D eigenvalue weighted by molar-refractivity contribution is 6.46. The summed E-state index contributed by atoms with van der Waals surface area (Å²) in [6.07, 6.45) is 0. The molecule has 152 valence electrons. The lowest BCUT2D eigenvalue weighted by Crippen LogP contribution is -2.32. The summed E-state index contributed by atoms with van der Waals surface area (Å²) < 4.78 is 5.12. The van der Waals surface area contributed by atoms with Crippen LogP contribution in [0.1, 0.15) is 42.5 Å². The van der Waals surface area contributed by atoms with Gasteiger partial charge in [-0.3, -0.25) is 9.59 Å². The monoisotopic (exact) mass is 413 g/mol. The van der Waals surface area contributed by atoms with Crippen LogP contribution in [0.5, 0.6) is 0 Å². The molecule has 1 atom stereocenters. The number of amides is 1. The van der Waals surface area contributed by atoms with Gasteiger partial charge in [-0.05, 0) is 41.3 Å². The minimum absolute atomic E-state index is 0.0747. The Morgan fingerprint density at radius 1 is 1.10 bits per heavy atom. The Bertz CT molecular complexity index is 932. The third-order valence-corrected chi connectivity index (χ3v) is 5.36. The van der Waals surface area contributed by atoms with E-state index in [1.165, 1.54) is 12.0 Å². The fourth-order valence-electron chi connectivity index (χ4n) is 3.47. The van der Waals surface area contributed by atoms with Crippen LogP contribution in [0.3, 0.4) is 0 Å². The van der Waals surface area contributed by atoms with E-state index in [1.807, 2.05) is 24.3 Å². The van der Waals surface area contributed by atoms with E-state index in [4.69, 9.17) is 16.3 Å². The molecule has 1 aliphatic rings. The van der Waals surface area contributed by atoms with Crippen molar-refractivity contribution in [2.24, 2.45) is 0 Å². The zero-order valence-electron chi connectivity index (χ0n) is 16.7. The Labute approximate surface area is 175 Å². The summed E-state index contributed by atoms with van der Waals surface area (Å²) in [6.45, 7) is 4.73. The second-order valence-electron chi connectivity index (χ2n) is 7.31. The average Bonchev–Trinajstić information content (AvgIpc) is 2.97. The first kappa shape index (κ1) is 21.1. The molecule has 29 heavy (non-hydrogen) atoms. The minimum Gasteiger partial charge on any atom is -0.507 e. The van der Waals surface area contributed by atoms with Crippen molar-refractivity contribution in [3.05, 3.63) is 75.8 Å². The van der Waals surface area contributed by atoms with E-state index in [0.29, 0.717) is 16.5 Å². The number of Topliss-reactive ketones (excluding diaryl/α,β-unsaturated/α-hetero) is 1. The molecule has 0 spiro atoms. The van der Waals surface area contributed by atoms with Crippen LogP contribution in [-0.4, -0.2) is 42.0 Å². The van der Waals surface area contributed by atoms with E-state index >= 15 is 0 Å². The molecule has 2 aromatic rings. The van der Waals surface area contributed by atoms with E-state index < -0.39 is 17.7 Å². The molecule has 1 fully saturated rings. The summed E-state index contributed by atoms with van der Waals surface area (Å²) in [5.74, 6) is -1.20. The average molecular weight is 414 g/mol. The topological polar surface area (TPSA) is 66.8 Å². The molecular weight excluding hydrogens is 390 g/mol. The number of halogens is 1. The van der Waals surface area contributed by atoms with Crippen LogP contribution in [0.25, 0.3) is 5.76 Å². The zero-order chi connectivity index (χ0) is 21.1. The molecule has 0 aromatic heterocycles. The number of ether oxygens (including phenoxy) is 1. The number of carbonyl (C=O) groups is 2. The van der Waals surface area contributed by atoms with E-state index in [1.54, 1.807) is 24.3 Å². The Hall–Kier alpha value is -2.63. The molecule has 0 aliphatic carbocycles. The lowest BCUT2D eigenvalue weighted by atomic mass is 9.93. The van der Waals surface area contributed by atoms with Gasteiger partial charge in [0.2, 0.25) is 0 Å². The predicted molar refractivity (Wildman–Crippen MR) is 113 cm³/mol. The second kappa shape index (κ2) is 8.80. The molecule has 0 unspecified atom stereocenters. The van der Waals surface area contributed by atoms with E-state index in [2.05, 4.69) is 13.8 Å². The summed E-state index contributed by atoms with van der Waals surface area (Å²) in [6, 6.07) is 13.6. The number of benzene rings is 2. The van der Waals surface area contributed by atoms with Crippen LogP contribution >= 0.6 is 11.6 Å². The maximum Gasteiger partial charge on any atom is 0.295 e. The van der Waals surface area contributed by atoms with Gasteiger partial charge >= 0.3 is 0 Å². The normalized spacial score (nSPS) is 18.7. The maximum absolute atomic E-state index is 12.8. The molecule has 1 N–H and O–H groups in total. The summed E-state index contributed by atoms with van der Waals surface area (Å²) in [4.78, 5) is 27.0. The fraction of sp³-hybridized carbons (Fsp3) is 0.304. The molecule has 0 saturated carbocycles. The molecule has 1 saturated heterocycles. The quantitative estimate of drug-likeness (QED) is 0.429. The second-order valence-corrected chi connectivity index (χ2v) is 7.75. The van der Waals surface area contributed by atoms with Gasteiger partial charge in [0, 0.05) is 24.2 Å². The van der Waals surface area contributed by atoms with Gasteiger partial charge in [-0.2, -0.15) is 0 Å². The van der Waals surface area contributed by atoms with E-state index in [0.717, 1.165) is 11.1 Å². The van der Waals surface area contributed by atoms with Gasteiger partial charge < -0.3 is 14.7 Å². The third-order valence-electron chi connectivity index (χ3n) is 5.11. The molecule has 3 rings (SSSR count). The number of hydrogen-bond donors (Lipinski definition) is 1. The first-order valence-corrected chi connectivity index (χ1v) is 9.86. The molecule has 0 bridgehead atoms. The van der Waals surface area contributed by atoms with Crippen molar-refractivity contribution in [3.63, 3.8) is 0 Å². The van der Waals surface area contributed by atoms with Crippen molar-refractivity contribution in [2.75, 3.05) is 20.3 Å². The van der Waals surface area contributed by atoms with Crippen LogP contribution < -0.4 is 0 Å². The molecule has 1 heterocycles. The smallest absolute Gasteiger partial charge is 0.295 e. The van der Waals surface area contributed by atoms with Crippen LogP contribution in [0, 0.1) is 0 Å². The van der Waals surface area contributed by atoms with Gasteiger partial charge in [0.15, 0.2) is 0 Å². The zero-order valence-corrected chi connectivity index (χ0v) is 17.4. The van der Waals surface area contributed by atoms with Crippen molar-refractivity contribution in [3.8, 4) is 0 Å². The molecule has 1 aliphatic heterocycles. The van der Waals surface area contributed by atoms with Crippen molar-refractivity contribution in [1.82, 2.24) is 4.90 Å². The number of aliphatic hydroxyl groups excluding tert-OH is 1. The van der Waals surface area contributed by atoms with Gasteiger partial charge in [-0.25, -0.2) is 0 Å². The Balaban J connectivity index is 2.13. The third kappa shape index (κ3) is 4.21. The predicted octanol–water partition coefficient (Wildman–Crippen LogP) is 4.53. The largest absolute Gasteiger partial charge is 0.507 e. The SMILES string of the molecule is COCCN1C(=O)C(=O)/C(=C(/O)c2ccc(Cl)cc2)[C@@H]1c1ccc(C(C)C)cc1. The standard InChI is InChI=1S/C23H24ClNO4/c1-14(2)15-4-6-16(7-5-15)20-19(21(26)17-8-10-18(24)11-9-17)22(27)23(28)25(20)12-13-29-3/h4-11,14,20,26H,12-13H2,1-3H3/b21-19+/t20-/m0/s1. The number of hydrogen-bond acceptors (Lipinski definition) is 4. The summed E-state index contributed by atoms with van der Waals surface area (Å²) >= 11 is 5.93. The van der Waals surface area contributed by atoms with Gasteiger partial charge in [-0.1, -0.05) is 49.7 Å². The molecule has 5 nitrogen and oxygen atoms in total. The number of likely N-dealkylation sites (tertiary alicyclic amines) is 1. The molecular formula is C23H24ClNO4. The molecule has 2 aromatic carbocycles. The number of methoxy groups -OCH3 is 1. The maximum atomic E-state index is 12.8. The number of rotatable bonds is 6. The number of aliphatic hydroxyl groups is 1. The Kier molecular flexibility index (Phi) is 6.40. The fourth-order valence-corrected chi connectivity index (χ4v) is 3.60. The Morgan fingerprint density at radius 2 is 1.72 bits per heavy atom. The van der Waals surface area contributed by atoms with Crippen molar-refractivity contribution >= 4 is 29.1 Å². The van der Waals surface area contributed by atoms with E-state index in [-0.39, 0.29) is 24.5 Å². The van der Waals surface area contributed by atoms with E-state index in [9.17, 15) is 14.7 Å². The highest BCUT2D eigenvalue weighted by atomic mass is 35.5. The highest BCUT2D eigenvalue weighted by Crippen LogP contribution is 2.39. The van der Waals surface area contributed by atoms with Gasteiger partial charge in [0.1, 0.15) is 5.76 Å². The van der Waals surface area contributed by atoms with Crippen LogP contribution in [0.2, 0.25) is 5.02 Å². The van der Waals surface area contributed by atoms with Crippen LogP contribution in [-0.2, 0) is 14.3 Å². The minimum atomic E-state index is -0.702. The van der Waals surface area contributed by atoms with Crippen molar-refractivity contribution < 1.29 is 19.4 Å². The number of ketones is 1. The van der Waals surface area contributed by atoms with Crippen molar-refractivity contribution in [2.45, 2.75) is 25.8 Å². The number of carbonyl (C=O) groups excluding carboxylic acids is 2. The lowest BCUT2D eigenvalue weighted by molar-refractivity contribution is -0.140. The first-order chi connectivity index (χ1) is 13.8. The van der Waals surface area contributed by atoms with Crippen LogP contribution in [0.15, 0.2) is 54.1 Å². The molecule has 6 heteroatoms. The van der Waals surface area contributed by atoms with Gasteiger partial charge in [0.05, 0.1) is 18.2 Å². The summed E-state index contributed by atoms with van der Waals surface area (Å²) in [5, 5.41) is 11.4. The Morgan fingerprint density at radius 3 is 2.28 bits per heavy atom. The van der Waals surface area contributed by atoms with Gasteiger partial charge in [0.25, 0.3) is 11.7 Å². The molecule has 1 amide bonds. The summed E-state index contributed by atoms with van der Waals surface area (Å²) in [5.41, 5.74) is 2.43. The highest BCUT2D eigenvalue weighted by Gasteiger charge is 2.45. The van der Waals surface area contributed by atoms with Crippen molar-refractivity contribution in [1.29, 1.82) is 0 Å². The first-order valence-electron chi connectivity index (χ1n) is 9.48. The summed E-state index contributed by atoms with van der Waals surface area (Å²) in [7, 11) is 1.54. The van der Waals surface area contributed by atoms with Crippen LogP contribution in [0.4, 0.5) is 0 Å².